The number of ether oxygens (including phenoxy) is 3. The van der Waals surface area contributed by atoms with E-state index in [9.17, 15) is 4.79 Å². The van der Waals surface area contributed by atoms with Crippen molar-refractivity contribution in [1.29, 1.82) is 0 Å². The average molecular weight is 446 g/mol. The van der Waals surface area contributed by atoms with Crippen molar-refractivity contribution in [2.45, 2.75) is 27.4 Å². The van der Waals surface area contributed by atoms with Crippen LogP contribution in [0.1, 0.15) is 34.2 Å². The highest BCUT2D eigenvalue weighted by atomic mass is 16.5. The number of anilines is 1. The predicted octanol–water partition coefficient (Wildman–Crippen LogP) is 5.32. The Morgan fingerprint density at radius 3 is 2.48 bits per heavy atom. The molecule has 0 aliphatic rings. The van der Waals surface area contributed by atoms with Gasteiger partial charge in [-0.1, -0.05) is 6.07 Å². The Morgan fingerprint density at radius 2 is 1.76 bits per heavy atom. The number of rotatable bonds is 7. The summed E-state index contributed by atoms with van der Waals surface area (Å²) < 4.78 is 19.0. The molecule has 0 radical (unpaired) electrons. The van der Waals surface area contributed by atoms with Crippen molar-refractivity contribution in [3.05, 3.63) is 77.1 Å². The first-order chi connectivity index (χ1) is 15.9. The third-order valence-electron chi connectivity index (χ3n) is 5.46. The minimum absolute atomic E-state index is 0.254. The summed E-state index contributed by atoms with van der Waals surface area (Å²) in [5.41, 5.74) is 11.0. The second-order valence-electron chi connectivity index (χ2n) is 7.85. The molecule has 0 fully saturated rings. The fourth-order valence-electron chi connectivity index (χ4n) is 3.62. The van der Waals surface area contributed by atoms with Crippen molar-refractivity contribution in [3.8, 4) is 17.2 Å². The zero-order valence-electron chi connectivity index (χ0n) is 19.2. The molecule has 0 aliphatic heterocycles. The van der Waals surface area contributed by atoms with Gasteiger partial charge in [0.15, 0.2) is 0 Å². The summed E-state index contributed by atoms with van der Waals surface area (Å²) in [6, 6.07) is 16.6. The minimum Gasteiger partial charge on any atom is -0.486 e. The third-order valence-corrected chi connectivity index (χ3v) is 5.46. The first kappa shape index (κ1) is 22.2. The molecule has 0 spiro atoms. The van der Waals surface area contributed by atoms with Crippen LogP contribution in [0, 0.1) is 13.8 Å². The first-order valence-electron chi connectivity index (χ1n) is 10.8. The lowest BCUT2D eigenvalue weighted by Crippen LogP contribution is -2.06. The van der Waals surface area contributed by atoms with Crippen LogP contribution in [0.2, 0.25) is 0 Å². The fraction of sp³-hybridized carbons (Fsp3) is 0.231. The molecule has 0 bridgehead atoms. The maximum Gasteiger partial charge on any atom is 0.338 e. The molecule has 4 aromatic rings. The van der Waals surface area contributed by atoms with Gasteiger partial charge in [-0.05, 0) is 74.4 Å². The normalized spacial score (nSPS) is 10.9. The molecule has 0 atom stereocenters. The van der Waals surface area contributed by atoms with E-state index < -0.39 is 0 Å². The van der Waals surface area contributed by atoms with E-state index in [0.717, 1.165) is 39.4 Å². The van der Waals surface area contributed by atoms with E-state index in [1.165, 1.54) is 0 Å². The Morgan fingerprint density at radius 1 is 1.00 bits per heavy atom. The van der Waals surface area contributed by atoms with E-state index in [0.29, 0.717) is 23.7 Å². The molecule has 0 amide bonds. The van der Waals surface area contributed by atoms with Gasteiger partial charge in [-0.3, -0.25) is 0 Å². The highest BCUT2D eigenvalue weighted by molar-refractivity contribution is 5.89. The molecule has 33 heavy (non-hydrogen) atoms. The maximum absolute atomic E-state index is 11.9. The van der Waals surface area contributed by atoms with Gasteiger partial charge in [-0.25, -0.2) is 9.78 Å². The van der Waals surface area contributed by atoms with Gasteiger partial charge in [0.25, 0.3) is 0 Å². The second-order valence-corrected chi connectivity index (χ2v) is 7.85. The Hall–Kier alpha value is -4.00. The molecular formula is C26H27N3O4. The monoisotopic (exact) mass is 445 g/mol. The van der Waals surface area contributed by atoms with Gasteiger partial charge >= 0.3 is 5.97 Å². The molecule has 0 unspecified atom stereocenters. The number of aryl methyl sites for hydroxylation is 3. The van der Waals surface area contributed by atoms with Crippen LogP contribution in [-0.2, 0) is 18.4 Å². The summed E-state index contributed by atoms with van der Waals surface area (Å²) in [7, 11) is 1.93. The summed E-state index contributed by atoms with van der Waals surface area (Å²) in [6.07, 6.45) is 0. The Labute approximate surface area is 192 Å². The van der Waals surface area contributed by atoms with Gasteiger partial charge in [0.2, 0.25) is 0 Å². The molecule has 0 saturated carbocycles. The van der Waals surface area contributed by atoms with E-state index in [1.807, 2.05) is 55.8 Å². The lowest BCUT2D eigenvalue weighted by molar-refractivity contribution is 0.0526. The van der Waals surface area contributed by atoms with Crippen molar-refractivity contribution in [2.24, 2.45) is 7.05 Å². The van der Waals surface area contributed by atoms with Gasteiger partial charge in [0.05, 0.1) is 23.2 Å². The van der Waals surface area contributed by atoms with Crippen LogP contribution in [0.5, 0.6) is 17.2 Å². The quantitative estimate of drug-likeness (QED) is 0.306. The standard InChI is InChI=1S/C26H27N3O4/c1-5-31-26(30)18-7-6-8-19(13-18)32-15-24-28-22-10-9-20(14-23(22)29(24)4)33-21-11-16(2)25(27)17(3)12-21/h6-14H,5,15,27H2,1-4H3. The number of hydrogen-bond acceptors (Lipinski definition) is 6. The van der Waals surface area contributed by atoms with Gasteiger partial charge in [0, 0.05) is 18.8 Å². The number of hydrogen-bond donors (Lipinski definition) is 1. The molecule has 7 nitrogen and oxygen atoms in total. The average Bonchev–Trinajstić information content (AvgIpc) is 3.11. The molecule has 1 aromatic heterocycles. The number of imidazole rings is 1. The van der Waals surface area contributed by atoms with E-state index in [1.54, 1.807) is 31.2 Å². The highest BCUT2D eigenvalue weighted by Gasteiger charge is 2.12. The molecule has 0 saturated heterocycles. The summed E-state index contributed by atoms with van der Waals surface area (Å²) in [5.74, 6) is 2.41. The third kappa shape index (κ3) is 4.77. The van der Waals surface area contributed by atoms with Crippen molar-refractivity contribution in [3.63, 3.8) is 0 Å². The first-order valence-corrected chi connectivity index (χ1v) is 10.8. The number of carbonyl (C=O) groups is 1. The number of fused-ring (bicyclic) bond motifs is 1. The highest BCUT2D eigenvalue weighted by Crippen LogP contribution is 2.30. The largest absolute Gasteiger partial charge is 0.486 e. The van der Waals surface area contributed by atoms with Crippen molar-refractivity contribution in [2.75, 3.05) is 12.3 Å². The molecule has 7 heteroatoms. The second kappa shape index (κ2) is 9.24. The summed E-state index contributed by atoms with van der Waals surface area (Å²) in [5, 5.41) is 0. The number of nitrogen functional groups attached to an aromatic ring is 1. The number of carbonyl (C=O) groups excluding carboxylic acids is 1. The van der Waals surface area contributed by atoms with Crippen molar-refractivity contribution < 1.29 is 19.0 Å². The number of nitrogens with zero attached hydrogens (tertiary/aromatic N) is 2. The van der Waals surface area contributed by atoms with E-state index in [4.69, 9.17) is 19.9 Å². The maximum atomic E-state index is 11.9. The molecule has 2 N–H and O–H groups in total. The van der Waals surface area contributed by atoms with E-state index >= 15 is 0 Å². The summed E-state index contributed by atoms with van der Waals surface area (Å²) >= 11 is 0. The Kier molecular flexibility index (Phi) is 6.22. The Bertz CT molecular complexity index is 1300. The van der Waals surface area contributed by atoms with E-state index in [2.05, 4.69) is 4.98 Å². The summed E-state index contributed by atoms with van der Waals surface area (Å²) in [6.45, 7) is 6.29. The van der Waals surface area contributed by atoms with Gasteiger partial charge in [-0.2, -0.15) is 0 Å². The van der Waals surface area contributed by atoms with Crippen LogP contribution in [-0.4, -0.2) is 22.1 Å². The van der Waals surface area contributed by atoms with Crippen molar-refractivity contribution >= 4 is 22.7 Å². The minimum atomic E-state index is -0.371. The zero-order valence-corrected chi connectivity index (χ0v) is 19.2. The number of esters is 1. The smallest absolute Gasteiger partial charge is 0.338 e. The molecular weight excluding hydrogens is 418 g/mol. The van der Waals surface area contributed by atoms with Crippen LogP contribution in [0.15, 0.2) is 54.6 Å². The Balaban J connectivity index is 1.52. The van der Waals surface area contributed by atoms with Gasteiger partial charge in [-0.15, -0.1) is 0 Å². The van der Waals surface area contributed by atoms with Crippen LogP contribution in [0.25, 0.3) is 11.0 Å². The van der Waals surface area contributed by atoms with Crippen LogP contribution in [0.4, 0.5) is 5.69 Å². The van der Waals surface area contributed by atoms with Gasteiger partial charge in [0.1, 0.15) is 29.7 Å². The fourth-order valence-corrected chi connectivity index (χ4v) is 3.62. The molecule has 1 heterocycles. The predicted molar refractivity (Wildman–Crippen MR) is 128 cm³/mol. The zero-order chi connectivity index (χ0) is 23.5. The van der Waals surface area contributed by atoms with E-state index in [-0.39, 0.29) is 12.6 Å². The van der Waals surface area contributed by atoms with Gasteiger partial charge < -0.3 is 24.5 Å². The number of aromatic nitrogens is 2. The topological polar surface area (TPSA) is 88.6 Å². The number of benzene rings is 3. The van der Waals surface area contributed by atoms with Crippen LogP contribution in [0.3, 0.4) is 0 Å². The summed E-state index contributed by atoms with van der Waals surface area (Å²) in [4.78, 5) is 16.6. The molecule has 0 aliphatic carbocycles. The molecule has 170 valence electrons. The number of nitrogens with two attached hydrogens (primary N) is 1. The lowest BCUT2D eigenvalue weighted by Gasteiger charge is -2.11. The van der Waals surface area contributed by atoms with Crippen LogP contribution >= 0.6 is 0 Å². The van der Waals surface area contributed by atoms with Crippen LogP contribution < -0.4 is 15.2 Å². The lowest BCUT2D eigenvalue weighted by atomic mass is 10.1. The molecule has 4 rings (SSSR count). The van der Waals surface area contributed by atoms with Crippen molar-refractivity contribution in [1.82, 2.24) is 9.55 Å². The SMILES string of the molecule is CCOC(=O)c1cccc(OCc2nc3ccc(Oc4cc(C)c(N)c(C)c4)cc3n2C)c1. The molecule has 3 aromatic carbocycles.